The maximum Gasteiger partial charge on any atom is 0.277 e. The monoisotopic (exact) mass is 530 g/mol. The molecule has 0 heterocycles. The summed E-state index contributed by atoms with van der Waals surface area (Å²) in [5.41, 5.74) is 5.29. The SMILES string of the molecule is Cc1cc(Br)cc(Br)c1OCC(=O)N/N=C/c1cccc(OCc2ccccc2)c1. The van der Waals surface area contributed by atoms with Crippen molar-refractivity contribution in [2.75, 3.05) is 6.61 Å². The number of carbonyl (C=O) groups excluding carboxylic acids is 1. The zero-order valence-corrected chi connectivity index (χ0v) is 19.4. The second-order valence-electron chi connectivity index (χ2n) is 6.46. The lowest BCUT2D eigenvalue weighted by molar-refractivity contribution is -0.123. The molecule has 3 aromatic carbocycles. The summed E-state index contributed by atoms with van der Waals surface area (Å²) in [4.78, 5) is 12.0. The first-order valence-electron chi connectivity index (χ1n) is 9.18. The van der Waals surface area contributed by atoms with E-state index in [1.54, 1.807) is 6.21 Å². The van der Waals surface area contributed by atoms with Crippen molar-refractivity contribution in [3.05, 3.63) is 92.4 Å². The number of carbonyl (C=O) groups is 1. The van der Waals surface area contributed by atoms with Gasteiger partial charge in [-0.1, -0.05) is 58.4 Å². The van der Waals surface area contributed by atoms with Crippen LogP contribution in [0.4, 0.5) is 0 Å². The van der Waals surface area contributed by atoms with Crippen molar-refractivity contribution in [1.82, 2.24) is 5.43 Å². The van der Waals surface area contributed by atoms with E-state index in [1.807, 2.05) is 73.7 Å². The van der Waals surface area contributed by atoms with Crippen LogP contribution in [0.25, 0.3) is 0 Å². The van der Waals surface area contributed by atoms with E-state index < -0.39 is 0 Å². The molecule has 0 radical (unpaired) electrons. The van der Waals surface area contributed by atoms with Gasteiger partial charge in [0.15, 0.2) is 6.61 Å². The van der Waals surface area contributed by atoms with Gasteiger partial charge in [-0.3, -0.25) is 4.79 Å². The van der Waals surface area contributed by atoms with E-state index in [4.69, 9.17) is 9.47 Å². The van der Waals surface area contributed by atoms with Gasteiger partial charge >= 0.3 is 0 Å². The van der Waals surface area contributed by atoms with Crippen molar-refractivity contribution in [1.29, 1.82) is 0 Å². The lowest BCUT2D eigenvalue weighted by Gasteiger charge is -2.10. The van der Waals surface area contributed by atoms with Gasteiger partial charge in [0.1, 0.15) is 18.1 Å². The van der Waals surface area contributed by atoms with E-state index in [2.05, 4.69) is 42.4 Å². The molecule has 0 aliphatic carbocycles. The Kier molecular flexibility index (Phi) is 8.04. The standard InChI is InChI=1S/C23H20Br2N2O3/c1-16-10-19(24)12-21(25)23(16)30-15-22(28)27-26-13-18-8-5-9-20(11-18)29-14-17-6-3-2-4-7-17/h2-13H,14-15H2,1H3,(H,27,28)/b26-13+. The van der Waals surface area contributed by atoms with E-state index >= 15 is 0 Å². The van der Waals surface area contributed by atoms with Gasteiger partial charge in [0.05, 0.1) is 10.7 Å². The molecule has 154 valence electrons. The molecule has 0 unspecified atom stereocenters. The minimum atomic E-state index is -0.350. The number of nitrogens with zero attached hydrogens (tertiary/aromatic N) is 1. The first-order chi connectivity index (χ1) is 14.5. The van der Waals surface area contributed by atoms with Gasteiger partial charge in [-0.25, -0.2) is 5.43 Å². The molecule has 0 atom stereocenters. The summed E-state index contributed by atoms with van der Waals surface area (Å²) in [6.07, 6.45) is 1.56. The van der Waals surface area contributed by atoms with Crippen molar-refractivity contribution in [3.8, 4) is 11.5 Å². The Morgan fingerprint density at radius 2 is 1.83 bits per heavy atom. The molecule has 30 heavy (non-hydrogen) atoms. The van der Waals surface area contributed by atoms with Crippen molar-refractivity contribution in [3.63, 3.8) is 0 Å². The Hall–Kier alpha value is -2.64. The normalized spacial score (nSPS) is 10.8. The molecule has 3 aromatic rings. The summed E-state index contributed by atoms with van der Waals surface area (Å²) in [5.74, 6) is 1.01. The molecular formula is C23H20Br2N2O3. The zero-order chi connectivity index (χ0) is 21.3. The number of hydrogen-bond acceptors (Lipinski definition) is 4. The predicted molar refractivity (Wildman–Crippen MR) is 125 cm³/mol. The number of hydrazone groups is 1. The fourth-order valence-electron chi connectivity index (χ4n) is 2.65. The topological polar surface area (TPSA) is 59.9 Å². The Morgan fingerprint density at radius 3 is 2.60 bits per heavy atom. The van der Waals surface area contributed by atoms with Gasteiger partial charge in [-0.15, -0.1) is 0 Å². The Balaban J connectivity index is 1.49. The summed E-state index contributed by atoms with van der Waals surface area (Å²) in [6.45, 7) is 2.26. The fraction of sp³-hybridized carbons (Fsp3) is 0.130. The number of hydrogen-bond donors (Lipinski definition) is 1. The minimum absolute atomic E-state index is 0.140. The molecule has 1 N–H and O–H groups in total. The highest BCUT2D eigenvalue weighted by Crippen LogP contribution is 2.32. The highest BCUT2D eigenvalue weighted by Gasteiger charge is 2.09. The zero-order valence-electron chi connectivity index (χ0n) is 16.3. The average Bonchev–Trinajstić information content (AvgIpc) is 2.72. The average molecular weight is 532 g/mol. The van der Waals surface area contributed by atoms with Crippen LogP contribution in [0.2, 0.25) is 0 Å². The molecule has 1 amide bonds. The summed E-state index contributed by atoms with van der Waals surface area (Å²) in [7, 11) is 0. The number of aryl methyl sites for hydroxylation is 1. The van der Waals surface area contributed by atoms with Crippen LogP contribution in [0.1, 0.15) is 16.7 Å². The predicted octanol–water partition coefficient (Wildman–Crippen LogP) is 5.63. The Bertz CT molecular complexity index is 1020. The van der Waals surface area contributed by atoms with Gasteiger partial charge in [0, 0.05) is 4.47 Å². The van der Waals surface area contributed by atoms with Crippen molar-refractivity contribution in [2.45, 2.75) is 13.5 Å². The lowest BCUT2D eigenvalue weighted by atomic mass is 10.2. The first kappa shape index (κ1) is 22.1. The van der Waals surface area contributed by atoms with Crippen molar-refractivity contribution >= 4 is 44.0 Å². The third-order valence-corrected chi connectivity index (χ3v) is 5.10. The summed E-state index contributed by atoms with van der Waals surface area (Å²) in [5, 5.41) is 3.99. The van der Waals surface area contributed by atoms with Gasteiger partial charge in [-0.2, -0.15) is 5.10 Å². The number of amides is 1. The fourth-order valence-corrected chi connectivity index (χ4v) is 4.20. The van der Waals surface area contributed by atoms with Gasteiger partial charge in [-0.05, 0) is 63.8 Å². The molecule has 0 saturated heterocycles. The minimum Gasteiger partial charge on any atom is -0.489 e. The molecule has 3 rings (SSSR count). The largest absolute Gasteiger partial charge is 0.489 e. The van der Waals surface area contributed by atoms with E-state index in [-0.39, 0.29) is 12.5 Å². The lowest BCUT2D eigenvalue weighted by Crippen LogP contribution is -2.24. The van der Waals surface area contributed by atoms with Gasteiger partial charge in [0.25, 0.3) is 5.91 Å². The van der Waals surface area contributed by atoms with E-state index in [0.29, 0.717) is 12.4 Å². The third-order valence-electron chi connectivity index (χ3n) is 4.05. The van der Waals surface area contributed by atoms with Crippen LogP contribution in [0.3, 0.4) is 0 Å². The highest BCUT2D eigenvalue weighted by atomic mass is 79.9. The van der Waals surface area contributed by atoms with Crippen LogP contribution >= 0.6 is 31.9 Å². The molecular weight excluding hydrogens is 512 g/mol. The van der Waals surface area contributed by atoms with Crippen LogP contribution in [-0.4, -0.2) is 18.7 Å². The molecule has 0 fully saturated rings. The van der Waals surface area contributed by atoms with Crippen molar-refractivity contribution < 1.29 is 14.3 Å². The second kappa shape index (κ2) is 10.9. The van der Waals surface area contributed by atoms with Crippen LogP contribution in [0, 0.1) is 6.92 Å². The number of ether oxygens (including phenoxy) is 2. The van der Waals surface area contributed by atoms with Gasteiger partial charge in [0.2, 0.25) is 0 Å². The maximum absolute atomic E-state index is 12.0. The molecule has 0 aliphatic rings. The number of nitrogens with one attached hydrogen (secondary N) is 1. The maximum atomic E-state index is 12.0. The number of rotatable bonds is 8. The summed E-state index contributed by atoms with van der Waals surface area (Å²) >= 11 is 6.85. The summed E-state index contributed by atoms with van der Waals surface area (Å²) < 4.78 is 13.1. The van der Waals surface area contributed by atoms with Crippen molar-refractivity contribution in [2.24, 2.45) is 5.10 Å². The van der Waals surface area contributed by atoms with E-state index in [1.165, 1.54) is 0 Å². The Morgan fingerprint density at radius 1 is 1.03 bits per heavy atom. The Labute approximate surface area is 192 Å². The molecule has 0 aliphatic heterocycles. The molecule has 0 saturated carbocycles. The molecule has 0 bridgehead atoms. The third kappa shape index (κ3) is 6.71. The van der Waals surface area contributed by atoms with Gasteiger partial charge < -0.3 is 9.47 Å². The van der Waals surface area contributed by atoms with Crippen LogP contribution in [0.5, 0.6) is 11.5 Å². The van der Waals surface area contributed by atoms with Crippen LogP contribution in [-0.2, 0) is 11.4 Å². The van der Waals surface area contributed by atoms with Crippen LogP contribution < -0.4 is 14.9 Å². The molecule has 0 spiro atoms. The second-order valence-corrected chi connectivity index (χ2v) is 8.23. The number of halogens is 2. The smallest absolute Gasteiger partial charge is 0.277 e. The molecule has 0 aromatic heterocycles. The first-order valence-corrected chi connectivity index (χ1v) is 10.8. The highest BCUT2D eigenvalue weighted by molar-refractivity contribution is 9.11. The van der Waals surface area contributed by atoms with E-state index in [0.717, 1.165) is 31.4 Å². The number of benzene rings is 3. The van der Waals surface area contributed by atoms with E-state index in [9.17, 15) is 4.79 Å². The van der Waals surface area contributed by atoms with Crippen LogP contribution in [0.15, 0.2) is 80.8 Å². The quantitative estimate of drug-likeness (QED) is 0.303. The molecule has 7 heteroatoms. The summed E-state index contributed by atoms with van der Waals surface area (Å²) in [6, 6.07) is 21.2. The molecule has 5 nitrogen and oxygen atoms in total.